The van der Waals surface area contributed by atoms with Crippen molar-refractivity contribution in [1.29, 1.82) is 0 Å². The van der Waals surface area contributed by atoms with Gasteiger partial charge in [0.25, 0.3) is 0 Å². The molecule has 1 aliphatic heterocycles. The number of halogens is 1. The van der Waals surface area contributed by atoms with Crippen molar-refractivity contribution >= 4 is 17.0 Å². The van der Waals surface area contributed by atoms with Crippen LogP contribution in [0.4, 0.5) is 10.3 Å². The largest absolute Gasteiger partial charge is 0.386 e. The predicted octanol–water partition coefficient (Wildman–Crippen LogP) is 3.49. The van der Waals surface area contributed by atoms with Crippen molar-refractivity contribution in [3.8, 4) is 0 Å². The number of nitrogens with two attached hydrogens (primary N) is 1. The molecule has 6 nitrogen and oxygen atoms in total. The number of aryl methyl sites for hydroxylation is 3. The van der Waals surface area contributed by atoms with E-state index in [1.807, 2.05) is 24.6 Å². The van der Waals surface area contributed by atoms with E-state index in [0.29, 0.717) is 17.5 Å². The molecule has 3 atom stereocenters. The van der Waals surface area contributed by atoms with Gasteiger partial charge in [0.2, 0.25) is 5.95 Å². The van der Waals surface area contributed by atoms with E-state index >= 15 is 0 Å². The maximum atomic E-state index is 13.8. The molecule has 1 aromatic carbocycles. The Kier molecular flexibility index (Phi) is 4.36. The summed E-state index contributed by atoms with van der Waals surface area (Å²) in [4.78, 5) is 8.63. The molecule has 3 aromatic rings. The SMILES string of the molecule is Cc1ccc(C(O)C2CCC(n3cc(C)c4c(C)nc(N)nc43)O2)cc1F. The summed E-state index contributed by atoms with van der Waals surface area (Å²) in [6.45, 7) is 5.61. The molecule has 1 saturated heterocycles. The molecule has 7 heteroatoms. The zero-order chi connectivity index (χ0) is 19.3. The third-order valence-corrected chi connectivity index (χ3v) is 5.29. The number of anilines is 1. The molecule has 0 spiro atoms. The van der Waals surface area contributed by atoms with Gasteiger partial charge in [-0.05, 0) is 56.4 Å². The monoisotopic (exact) mass is 370 g/mol. The third kappa shape index (κ3) is 3.07. The number of hydrogen-bond acceptors (Lipinski definition) is 5. The highest BCUT2D eigenvalue weighted by molar-refractivity contribution is 5.83. The molecule has 0 radical (unpaired) electrons. The van der Waals surface area contributed by atoms with Crippen LogP contribution < -0.4 is 5.73 Å². The second kappa shape index (κ2) is 6.58. The van der Waals surface area contributed by atoms with Crippen molar-refractivity contribution in [1.82, 2.24) is 14.5 Å². The fraction of sp³-hybridized carbons (Fsp3) is 0.400. The van der Waals surface area contributed by atoms with Crippen LogP contribution in [0.15, 0.2) is 24.4 Å². The summed E-state index contributed by atoms with van der Waals surface area (Å²) >= 11 is 0. The average molecular weight is 370 g/mol. The molecular weight excluding hydrogens is 347 g/mol. The number of fused-ring (bicyclic) bond motifs is 1. The number of nitrogens with zero attached hydrogens (tertiary/aromatic N) is 3. The maximum Gasteiger partial charge on any atom is 0.222 e. The first-order chi connectivity index (χ1) is 12.8. The standard InChI is InChI=1S/C20H23FN4O2/c1-10-4-5-13(8-14(10)21)18(26)15-6-7-16(27-15)25-9-11(2)17-12(3)23-20(22)24-19(17)25/h4-5,8-9,15-16,18,26H,6-7H2,1-3H3,(H2,22,23,24). The van der Waals surface area contributed by atoms with E-state index in [2.05, 4.69) is 9.97 Å². The minimum Gasteiger partial charge on any atom is -0.386 e. The number of aliphatic hydroxyl groups excluding tert-OH is 1. The quantitative estimate of drug-likeness (QED) is 0.737. The number of hydrogen-bond donors (Lipinski definition) is 2. The van der Waals surface area contributed by atoms with E-state index in [-0.39, 0.29) is 18.0 Å². The maximum absolute atomic E-state index is 13.8. The van der Waals surface area contributed by atoms with Crippen LogP contribution in [0.25, 0.3) is 11.0 Å². The molecule has 27 heavy (non-hydrogen) atoms. The predicted molar refractivity (Wildman–Crippen MR) is 101 cm³/mol. The Bertz CT molecular complexity index is 1020. The molecule has 142 valence electrons. The molecule has 3 N–H and O–H groups in total. The molecule has 0 amide bonds. The zero-order valence-corrected chi connectivity index (χ0v) is 15.6. The lowest BCUT2D eigenvalue weighted by atomic mass is 10.0. The Labute approximate surface area is 156 Å². The molecule has 0 aliphatic carbocycles. The van der Waals surface area contributed by atoms with Crippen molar-refractivity contribution < 1.29 is 14.2 Å². The molecule has 4 rings (SSSR count). The first-order valence-corrected chi connectivity index (χ1v) is 9.06. The van der Waals surface area contributed by atoms with Crippen molar-refractivity contribution in [3.63, 3.8) is 0 Å². The van der Waals surface area contributed by atoms with Gasteiger partial charge in [-0.15, -0.1) is 0 Å². The number of aromatic nitrogens is 3. The molecule has 1 aliphatic rings. The van der Waals surface area contributed by atoms with Crippen LogP contribution in [0.1, 0.15) is 47.6 Å². The van der Waals surface area contributed by atoms with Crippen LogP contribution in [-0.4, -0.2) is 25.7 Å². The average Bonchev–Trinajstić information content (AvgIpc) is 3.21. The molecular formula is C20H23FN4O2. The Morgan fingerprint density at radius 3 is 2.74 bits per heavy atom. The summed E-state index contributed by atoms with van der Waals surface area (Å²) in [5.74, 6) is -0.0974. The zero-order valence-electron chi connectivity index (χ0n) is 15.6. The lowest BCUT2D eigenvalue weighted by Crippen LogP contribution is -2.19. The Morgan fingerprint density at radius 1 is 1.22 bits per heavy atom. The first kappa shape index (κ1) is 17.9. The molecule has 3 heterocycles. The fourth-order valence-corrected chi connectivity index (χ4v) is 3.87. The van der Waals surface area contributed by atoms with Gasteiger partial charge in [-0.2, -0.15) is 4.98 Å². The summed E-state index contributed by atoms with van der Waals surface area (Å²) in [5.41, 5.74) is 9.53. The molecule has 2 aromatic heterocycles. The fourth-order valence-electron chi connectivity index (χ4n) is 3.87. The Hall–Kier alpha value is -2.51. The Morgan fingerprint density at radius 2 is 2.00 bits per heavy atom. The normalized spacial score (nSPS) is 21.1. The van der Waals surface area contributed by atoms with Crippen LogP contribution in [0, 0.1) is 26.6 Å². The highest BCUT2D eigenvalue weighted by atomic mass is 19.1. The van der Waals surface area contributed by atoms with E-state index in [1.54, 1.807) is 19.1 Å². The van der Waals surface area contributed by atoms with Crippen molar-refractivity contribution in [2.45, 2.75) is 52.0 Å². The van der Waals surface area contributed by atoms with Gasteiger partial charge in [0.05, 0.1) is 11.8 Å². The van der Waals surface area contributed by atoms with Crippen molar-refractivity contribution in [3.05, 3.63) is 52.6 Å². The summed E-state index contributed by atoms with van der Waals surface area (Å²) < 4.78 is 21.9. The van der Waals surface area contributed by atoms with Crippen LogP contribution in [-0.2, 0) is 4.74 Å². The van der Waals surface area contributed by atoms with E-state index in [0.717, 1.165) is 28.7 Å². The smallest absolute Gasteiger partial charge is 0.222 e. The van der Waals surface area contributed by atoms with Crippen LogP contribution in [0.5, 0.6) is 0 Å². The number of nitrogen functional groups attached to an aromatic ring is 1. The highest BCUT2D eigenvalue weighted by Crippen LogP contribution is 2.38. The molecule has 0 saturated carbocycles. The van der Waals surface area contributed by atoms with Crippen LogP contribution in [0.3, 0.4) is 0 Å². The number of aliphatic hydroxyl groups is 1. The third-order valence-electron chi connectivity index (χ3n) is 5.29. The lowest BCUT2D eigenvalue weighted by molar-refractivity contribution is -0.0591. The minimum atomic E-state index is -0.880. The van der Waals surface area contributed by atoms with Gasteiger partial charge >= 0.3 is 0 Å². The van der Waals surface area contributed by atoms with Crippen molar-refractivity contribution in [2.75, 3.05) is 5.73 Å². The summed E-state index contributed by atoms with van der Waals surface area (Å²) in [5, 5.41) is 11.6. The van der Waals surface area contributed by atoms with Gasteiger partial charge in [-0.1, -0.05) is 12.1 Å². The number of rotatable bonds is 3. The van der Waals surface area contributed by atoms with Gasteiger partial charge in [0, 0.05) is 11.6 Å². The topological polar surface area (TPSA) is 86.2 Å². The number of ether oxygens (including phenoxy) is 1. The molecule has 3 unspecified atom stereocenters. The lowest BCUT2D eigenvalue weighted by Gasteiger charge is -2.21. The second-order valence-electron chi connectivity index (χ2n) is 7.25. The van der Waals surface area contributed by atoms with Crippen molar-refractivity contribution in [2.24, 2.45) is 0 Å². The van der Waals surface area contributed by atoms with Gasteiger partial charge in [0.1, 0.15) is 23.8 Å². The minimum absolute atomic E-state index is 0.226. The van der Waals surface area contributed by atoms with Crippen LogP contribution >= 0.6 is 0 Å². The summed E-state index contributed by atoms with van der Waals surface area (Å²) in [7, 11) is 0. The number of benzene rings is 1. The van der Waals surface area contributed by atoms with E-state index in [4.69, 9.17) is 10.5 Å². The second-order valence-corrected chi connectivity index (χ2v) is 7.25. The van der Waals surface area contributed by atoms with Gasteiger partial charge in [-0.25, -0.2) is 9.37 Å². The highest BCUT2D eigenvalue weighted by Gasteiger charge is 2.33. The van der Waals surface area contributed by atoms with Crippen LogP contribution in [0.2, 0.25) is 0 Å². The molecule has 1 fully saturated rings. The van der Waals surface area contributed by atoms with Gasteiger partial charge < -0.3 is 20.1 Å². The first-order valence-electron chi connectivity index (χ1n) is 9.06. The van der Waals surface area contributed by atoms with E-state index in [1.165, 1.54) is 6.07 Å². The summed E-state index contributed by atoms with van der Waals surface area (Å²) in [6.07, 6.45) is 1.83. The summed E-state index contributed by atoms with van der Waals surface area (Å²) in [6, 6.07) is 4.79. The van der Waals surface area contributed by atoms with E-state index < -0.39 is 12.2 Å². The molecule has 0 bridgehead atoms. The van der Waals surface area contributed by atoms with Gasteiger partial charge in [-0.3, -0.25) is 0 Å². The van der Waals surface area contributed by atoms with E-state index in [9.17, 15) is 9.50 Å². The Balaban J connectivity index is 1.61. The van der Waals surface area contributed by atoms with Gasteiger partial charge in [0.15, 0.2) is 0 Å².